The average molecular weight is 400 g/mol. The molecule has 1 unspecified atom stereocenters. The Hall–Kier alpha value is -1.82. The summed E-state index contributed by atoms with van der Waals surface area (Å²) in [6, 6.07) is 16.2. The summed E-state index contributed by atoms with van der Waals surface area (Å²) in [6.45, 7) is 0. The standard InChI is InChI=1S/C16H11AsBrN3/c18-12-3-1-2-11(6-12)17-16-10(8-19)9-21-15-5-4-13(20)7-14(15)16/h1-7,9,17H,20H2. The molecular weight excluding hydrogens is 389 g/mol. The SMILES string of the molecule is N#Cc1cnc2ccc(N)cc2c1[AsH]c1cccc(Br)c1. The van der Waals surface area contributed by atoms with Gasteiger partial charge in [0.25, 0.3) is 0 Å². The number of benzene rings is 2. The van der Waals surface area contributed by atoms with Gasteiger partial charge in [-0.2, -0.15) is 0 Å². The molecule has 0 saturated carbocycles. The Bertz CT molecular complexity index is 871. The molecule has 2 aromatic carbocycles. The summed E-state index contributed by atoms with van der Waals surface area (Å²) in [5.41, 5.74) is 8.13. The molecule has 21 heavy (non-hydrogen) atoms. The molecule has 0 saturated heterocycles. The molecule has 1 aromatic heterocycles. The molecular formula is C16H11AsBrN3. The quantitative estimate of drug-likeness (QED) is 0.528. The zero-order valence-electron chi connectivity index (χ0n) is 11.0. The third-order valence-electron chi connectivity index (χ3n) is 3.11. The summed E-state index contributed by atoms with van der Waals surface area (Å²) < 4.78 is 3.41. The minimum absolute atomic E-state index is 0.636. The van der Waals surface area contributed by atoms with Crippen LogP contribution in [0.1, 0.15) is 5.56 Å². The van der Waals surface area contributed by atoms with Crippen molar-refractivity contribution >= 4 is 57.0 Å². The van der Waals surface area contributed by atoms with Gasteiger partial charge in [0.15, 0.2) is 0 Å². The van der Waals surface area contributed by atoms with E-state index < -0.39 is 15.8 Å². The number of hydrogen-bond acceptors (Lipinski definition) is 3. The second-order valence-electron chi connectivity index (χ2n) is 4.57. The first-order valence-electron chi connectivity index (χ1n) is 6.28. The van der Waals surface area contributed by atoms with E-state index in [0.717, 1.165) is 19.7 Å². The van der Waals surface area contributed by atoms with Gasteiger partial charge >= 0.3 is 138 Å². The van der Waals surface area contributed by atoms with E-state index in [1.165, 1.54) is 4.35 Å². The number of nitrogen functional groups attached to an aromatic ring is 1. The second-order valence-corrected chi connectivity index (χ2v) is 8.27. The van der Waals surface area contributed by atoms with Gasteiger partial charge in [0.1, 0.15) is 0 Å². The molecule has 2 N–H and O–H groups in total. The maximum atomic E-state index is 9.37. The summed E-state index contributed by atoms with van der Waals surface area (Å²) in [5.74, 6) is 0. The van der Waals surface area contributed by atoms with Gasteiger partial charge in [-0.3, -0.25) is 0 Å². The number of nitrogens with two attached hydrogens (primary N) is 1. The molecule has 5 heteroatoms. The second kappa shape index (κ2) is 5.89. The molecule has 0 aliphatic heterocycles. The van der Waals surface area contributed by atoms with Crippen molar-refractivity contribution in [2.75, 3.05) is 5.73 Å². The zero-order chi connectivity index (χ0) is 14.8. The molecule has 0 spiro atoms. The Morgan fingerprint density at radius 2 is 2.05 bits per heavy atom. The summed E-state index contributed by atoms with van der Waals surface area (Å²) in [6.07, 6.45) is 1.66. The molecule has 0 aliphatic carbocycles. The number of anilines is 1. The zero-order valence-corrected chi connectivity index (χ0v) is 14.7. The van der Waals surface area contributed by atoms with Crippen LogP contribution in [0.4, 0.5) is 5.69 Å². The Morgan fingerprint density at radius 1 is 1.19 bits per heavy atom. The van der Waals surface area contributed by atoms with E-state index in [2.05, 4.69) is 39.1 Å². The molecule has 0 bridgehead atoms. The topological polar surface area (TPSA) is 62.7 Å². The van der Waals surface area contributed by atoms with Crippen LogP contribution in [0.3, 0.4) is 0 Å². The van der Waals surface area contributed by atoms with Crippen LogP contribution < -0.4 is 14.4 Å². The number of nitrogens with zero attached hydrogens (tertiary/aromatic N) is 2. The third kappa shape index (κ3) is 2.95. The summed E-state index contributed by atoms with van der Waals surface area (Å²) in [4.78, 5) is 4.35. The Labute approximate surface area is 137 Å². The van der Waals surface area contributed by atoms with E-state index in [0.29, 0.717) is 11.3 Å². The van der Waals surface area contributed by atoms with Crippen molar-refractivity contribution in [1.29, 1.82) is 5.26 Å². The number of aromatic nitrogens is 1. The number of halogens is 1. The monoisotopic (exact) mass is 399 g/mol. The predicted octanol–water partition coefficient (Wildman–Crippen LogP) is 1.84. The number of hydrogen-bond donors (Lipinski definition) is 1. The molecule has 3 aromatic rings. The van der Waals surface area contributed by atoms with Gasteiger partial charge in [0, 0.05) is 0 Å². The van der Waals surface area contributed by atoms with Gasteiger partial charge in [-0.15, -0.1) is 0 Å². The summed E-state index contributed by atoms with van der Waals surface area (Å²) >= 11 is 2.86. The molecule has 0 fully saturated rings. The molecule has 0 radical (unpaired) electrons. The molecule has 102 valence electrons. The molecule has 3 nitrogen and oxygen atoms in total. The molecule has 0 amide bonds. The van der Waals surface area contributed by atoms with Crippen LogP contribution in [-0.2, 0) is 0 Å². The van der Waals surface area contributed by atoms with Crippen molar-refractivity contribution in [2.45, 2.75) is 0 Å². The van der Waals surface area contributed by atoms with Crippen molar-refractivity contribution in [3.63, 3.8) is 0 Å². The molecule has 1 atom stereocenters. The van der Waals surface area contributed by atoms with E-state index in [-0.39, 0.29) is 0 Å². The predicted molar refractivity (Wildman–Crippen MR) is 91.4 cm³/mol. The molecule has 3 rings (SSSR count). The van der Waals surface area contributed by atoms with E-state index in [4.69, 9.17) is 5.73 Å². The van der Waals surface area contributed by atoms with Crippen molar-refractivity contribution in [1.82, 2.24) is 4.98 Å². The normalized spacial score (nSPS) is 11.0. The third-order valence-corrected chi connectivity index (χ3v) is 6.51. The van der Waals surface area contributed by atoms with E-state index in [9.17, 15) is 5.26 Å². The van der Waals surface area contributed by atoms with Crippen LogP contribution in [0, 0.1) is 11.3 Å². The van der Waals surface area contributed by atoms with Gasteiger partial charge in [0.2, 0.25) is 0 Å². The van der Waals surface area contributed by atoms with E-state index in [1.54, 1.807) is 6.20 Å². The maximum absolute atomic E-state index is 9.37. The van der Waals surface area contributed by atoms with Gasteiger partial charge in [-0.05, 0) is 0 Å². The number of fused-ring (bicyclic) bond motifs is 1. The average Bonchev–Trinajstić information content (AvgIpc) is 2.48. The van der Waals surface area contributed by atoms with Crippen LogP contribution in [0.25, 0.3) is 10.9 Å². The fraction of sp³-hybridized carbons (Fsp3) is 0. The van der Waals surface area contributed by atoms with Crippen molar-refractivity contribution in [3.8, 4) is 6.07 Å². The van der Waals surface area contributed by atoms with Crippen LogP contribution in [0.2, 0.25) is 0 Å². The Kier molecular flexibility index (Phi) is 3.96. The van der Waals surface area contributed by atoms with Crippen molar-refractivity contribution < 1.29 is 0 Å². The number of nitriles is 1. The van der Waals surface area contributed by atoms with Gasteiger partial charge in [0.05, 0.1) is 0 Å². The summed E-state index contributed by atoms with van der Waals surface area (Å²) in [7, 11) is 0. The first-order chi connectivity index (χ1) is 10.2. The number of rotatable bonds is 2. The van der Waals surface area contributed by atoms with Gasteiger partial charge in [-0.1, -0.05) is 0 Å². The van der Waals surface area contributed by atoms with Gasteiger partial charge in [-0.25, -0.2) is 0 Å². The molecule has 0 aliphatic rings. The van der Waals surface area contributed by atoms with Crippen LogP contribution >= 0.6 is 15.9 Å². The van der Waals surface area contributed by atoms with Crippen LogP contribution in [0.5, 0.6) is 0 Å². The molecule has 1 heterocycles. The van der Waals surface area contributed by atoms with Crippen LogP contribution in [-0.4, -0.2) is 20.7 Å². The van der Waals surface area contributed by atoms with E-state index in [1.807, 2.05) is 30.3 Å². The Morgan fingerprint density at radius 3 is 2.81 bits per heavy atom. The first-order valence-corrected chi connectivity index (χ1v) is 9.17. The van der Waals surface area contributed by atoms with Gasteiger partial charge < -0.3 is 0 Å². The van der Waals surface area contributed by atoms with Crippen LogP contribution in [0.15, 0.2) is 53.1 Å². The fourth-order valence-corrected chi connectivity index (χ4v) is 5.68. The van der Waals surface area contributed by atoms with Crippen molar-refractivity contribution in [3.05, 3.63) is 58.7 Å². The fourth-order valence-electron chi connectivity index (χ4n) is 2.14. The summed E-state index contributed by atoms with van der Waals surface area (Å²) in [5, 5.41) is 10.4. The first kappa shape index (κ1) is 14.1. The minimum atomic E-state index is -0.636. The number of pyridine rings is 1. The van der Waals surface area contributed by atoms with Crippen molar-refractivity contribution in [2.24, 2.45) is 0 Å². The Balaban J connectivity index is 2.19. The van der Waals surface area contributed by atoms with E-state index >= 15 is 0 Å².